The van der Waals surface area contributed by atoms with Crippen molar-refractivity contribution in [2.24, 2.45) is 11.0 Å². The number of carboxylic acids is 1. The second-order valence-corrected chi connectivity index (χ2v) is 6.52. The number of carbonyl (C=O) groups is 3. The highest BCUT2D eigenvalue weighted by Gasteiger charge is 2.37. The highest BCUT2D eigenvalue weighted by Crippen LogP contribution is 2.29. The first-order valence-electron chi connectivity index (χ1n) is 8.46. The van der Waals surface area contributed by atoms with E-state index in [0.29, 0.717) is 11.4 Å². The fraction of sp³-hybridized carbons (Fsp3) is 0.444. The Morgan fingerprint density at radius 2 is 1.96 bits per heavy atom. The Balaban J connectivity index is 1.82. The third-order valence-corrected chi connectivity index (χ3v) is 4.42. The van der Waals surface area contributed by atoms with Gasteiger partial charge in [-0.3, -0.25) is 14.4 Å². The van der Waals surface area contributed by atoms with Gasteiger partial charge in [0.05, 0.1) is 11.6 Å². The Labute approximate surface area is 145 Å². The largest absolute Gasteiger partial charge is 0.481 e. The standard InChI is InChI=1S/C18H21N3O4/c1-12(18(24)25)11-20(13-7-8-13)17(23)15-9-10-16(22)21(19-15)14-5-3-2-4-6-14/h2-6,12-13H,7-11H2,1H3,(H,24,25). The predicted molar refractivity (Wildman–Crippen MR) is 92.1 cm³/mol. The number of hydrogen-bond donors (Lipinski definition) is 1. The zero-order valence-corrected chi connectivity index (χ0v) is 14.1. The fourth-order valence-corrected chi connectivity index (χ4v) is 2.80. The van der Waals surface area contributed by atoms with Crippen molar-refractivity contribution in [3.63, 3.8) is 0 Å². The third-order valence-electron chi connectivity index (χ3n) is 4.42. The van der Waals surface area contributed by atoms with Gasteiger partial charge in [-0.25, -0.2) is 5.01 Å². The lowest BCUT2D eigenvalue weighted by Crippen LogP contribution is -2.45. The van der Waals surface area contributed by atoms with Gasteiger partial charge in [-0.05, 0) is 25.0 Å². The van der Waals surface area contributed by atoms with Crippen LogP contribution in [0.3, 0.4) is 0 Å². The molecule has 0 aromatic heterocycles. The maximum absolute atomic E-state index is 12.9. The highest BCUT2D eigenvalue weighted by atomic mass is 16.4. The monoisotopic (exact) mass is 343 g/mol. The van der Waals surface area contributed by atoms with Crippen molar-refractivity contribution in [3.8, 4) is 0 Å². The fourth-order valence-electron chi connectivity index (χ4n) is 2.80. The number of carboxylic acid groups (broad SMARTS) is 1. The zero-order valence-electron chi connectivity index (χ0n) is 14.1. The van der Waals surface area contributed by atoms with Crippen LogP contribution in [0, 0.1) is 5.92 Å². The number of para-hydroxylation sites is 1. The highest BCUT2D eigenvalue weighted by molar-refractivity contribution is 6.40. The van der Waals surface area contributed by atoms with Crippen molar-refractivity contribution >= 4 is 29.2 Å². The van der Waals surface area contributed by atoms with Crippen LogP contribution in [-0.4, -0.2) is 46.1 Å². The maximum atomic E-state index is 12.9. The van der Waals surface area contributed by atoms with E-state index in [9.17, 15) is 14.4 Å². The molecular formula is C18H21N3O4. The summed E-state index contributed by atoms with van der Waals surface area (Å²) in [6.07, 6.45) is 2.26. The molecule has 1 aromatic carbocycles. The number of benzene rings is 1. The van der Waals surface area contributed by atoms with Gasteiger partial charge in [0, 0.05) is 25.4 Å². The predicted octanol–water partition coefficient (Wildman–Crippen LogP) is 1.88. The van der Waals surface area contributed by atoms with E-state index < -0.39 is 11.9 Å². The lowest BCUT2D eigenvalue weighted by molar-refractivity contribution is -0.142. The molecule has 0 bridgehead atoms. The zero-order chi connectivity index (χ0) is 18.0. The van der Waals surface area contributed by atoms with Crippen LogP contribution in [0.1, 0.15) is 32.6 Å². The molecule has 1 aliphatic carbocycles. The molecule has 1 unspecified atom stereocenters. The van der Waals surface area contributed by atoms with Gasteiger partial charge in [-0.1, -0.05) is 25.1 Å². The molecule has 1 N–H and O–H groups in total. The number of hydrogen-bond acceptors (Lipinski definition) is 4. The molecule has 7 heteroatoms. The second-order valence-electron chi connectivity index (χ2n) is 6.52. The molecule has 1 atom stereocenters. The minimum atomic E-state index is -0.926. The van der Waals surface area contributed by atoms with Crippen molar-refractivity contribution in [1.82, 2.24) is 4.90 Å². The summed E-state index contributed by atoms with van der Waals surface area (Å²) >= 11 is 0. The molecule has 1 saturated carbocycles. The normalized spacial score (nSPS) is 18.5. The summed E-state index contributed by atoms with van der Waals surface area (Å²) < 4.78 is 0. The van der Waals surface area contributed by atoms with E-state index in [1.165, 1.54) is 5.01 Å². The number of amides is 2. The summed E-state index contributed by atoms with van der Waals surface area (Å²) in [5, 5.41) is 14.7. The average Bonchev–Trinajstić information content (AvgIpc) is 3.45. The van der Waals surface area contributed by atoms with Crippen molar-refractivity contribution in [2.75, 3.05) is 11.6 Å². The van der Waals surface area contributed by atoms with Crippen molar-refractivity contribution in [3.05, 3.63) is 30.3 Å². The van der Waals surface area contributed by atoms with Crippen LogP contribution in [0.25, 0.3) is 0 Å². The van der Waals surface area contributed by atoms with Crippen molar-refractivity contribution in [1.29, 1.82) is 0 Å². The van der Waals surface area contributed by atoms with E-state index in [4.69, 9.17) is 5.11 Å². The number of nitrogens with zero attached hydrogens (tertiary/aromatic N) is 3. The van der Waals surface area contributed by atoms with Crippen molar-refractivity contribution in [2.45, 2.75) is 38.6 Å². The van der Waals surface area contributed by atoms with E-state index in [1.807, 2.05) is 6.07 Å². The molecular weight excluding hydrogens is 322 g/mol. The molecule has 0 radical (unpaired) electrons. The van der Waals surface area contributed by atoms with Crippen molar-refractivity contribution < 1.29 is 19.5 Å². The Morgan fingerprint density at radius 1 is 1.28 bits per heavy atom. The molecule has 1 fully saturated rings. The molecule has 1 aromatic rings. The molecule has 7 nitrogen and oxygen atoms in total. The van der Waals surface area contributed by atoms with E-state index in [0.717, 1.165) is 12.8 Å². The number of carbonyl (C=O) groups excluding carboxylic acids is 2. The summed E-state index contributed by atoms with van der Waals surface area (Å²) in [6, 6.07) is 9.06. The van der Waals surface area contributed by atoms with Crippen LogP contribution < -0.4 is 5.01 Å². The molecule has 1 aliphatic heterocycles. The van der Waals surface area contributed by atoms with Crippen LogP contribution >= 0.6 is 0 Å². The third kappa shape index (κ3) is 3.87. The molecule has 0 spiro atoms. The SMILES string of the molecule is CC(CN(C(=O)C1=NN(c2ccccc2)C(=O)CC1)C1CC1)C(=O)O. The molecule has 132 valence electrons. The van der Waals surface area contributed by atoms with Crippen LogP contribution in [0.5, 0.6) is 0 Å². The number of anilines is 1. The number of hydrazone groups is 1. The Morgan fingerprint density at radius 3 is 2.56 bits per heavy atom. The molecule has 0 saturated heterocycles. The molecule has 2 amide bonds. The first-order valence-corrected chi connectivity index (χ1v) is 8.46. The summed E-state index contributed by atoms with van der Waals surface area (Å²) in [7, 11) is 0. The van der Waals surface area contributed by atoms with Crippen LogP contribution in [0.2, 0.25) is 0 Å². The first kappa shape index (κ1) is 17.1. The lowest BCUT2D eigenvalue weighted by Gasteiger charge is -2.28. The minimum Gasteiger partial charge on any atom is -0.481 e. The Bertz CT molecular complexity index is 712. The van der Waals surface area contributed by atoms with Gasteiger partial charge in [0.25, 0.3) is 5.91 Å². The quantitative estimate of drug-likeness (QED) is 0.854. The molecule has 25 heavy (non-hydrogen) atoms. The van der Waals surface area contributed by atoms with E-state index in [-0.39, 0.29) is 37.2 Å². The smallest absolute Gasteiger partial charge is 0.308 e. The average molecular weight is 343 g/mol. The van der Waals surface area contributed by atoms with Gasteiger partial charge in [0.1, 0.15) is 5.71 Å². The van der Waals surface area contributed by atoms with Gasteiger partial charge in [0.15, 0.2) is 0 Å². The summed E-state index contributed by atoms with van der Waals surface area (Å²) in [6.45, 7) is 1.75. The van der Waals surface area contributed by atoms with Gasteiger partial charge in [0.2, 0.25) is 5.91 Å². The van der Waals surface area contributed by atoms with Gasteiger partial charge < -0.3 is 10.0 Å². The van der Waals surface area contributed by atoms with Gasteiger partial charge >= 0.3 is 5.97 Å². The van der Waals surface area contributed by atoms with Gasteiger partial charge in [-0.15, -0.1) is 0 Å². The van der Waals surface area contributed by atoms with E-state index >= 15 is 0 Å². The molecule has 2 aliphatic rings. The van der Waals surface area contributed by atoms with Crippen LogP contribution in [-0.2, 0) is 14.4 Å². The summed E-state index contributed by atoms with van der Waals surface area (Å²) in [5.74, 6) is -1.98. The lowest BCUT2D eigenvalue weighted by atomic mass is 10.1. The molecule has 1 heterocycles. The Hall–Kier alpha value is -2.70. The second kappa shape index (κ2) is 7.04. The summed E-state index contributed by atoms with van der Waals surface area (Å²) in [4.78, 5) is 37.8. The Kier molecular flexibility index (Phi) is 4.83. The van der Waals surface area contributed by atoms with E-state index in [1.54, 1.807) is 36.1 Å². The maximum Gasteiger partial charge on any atom is 0.308 e. The number of aliphatic carboxylic acids is 1. The van der Waals surface area contributed by atoms with Crippen LogP contribution in [0.15, 0.2) is 35.4 Å². The molecule has 3 rings (SSSR count). The van der Waals surface area contributed by atoms with Gasteiger partial charge in [-0.2, -0.15) is 5.10 Å². The first-order chi connectivity index (χ1) is 12.0. The topological polar surface area (TPSA) is 90.3 Å². The summed E-state index contributed by atoms with van der Waals surface area (Å²) in [5.41, 5.74) is 0.933. The van der Waals surface area contributed by atoms with Crippen LogP contribution in [0.4, 0.5) is 5.69 Å². The van der Waals surface area contributed by atoms with E-state index in [2.05, 4.69) is 5.10 Å². The number of rotatable bonds is 6. The minimum absolute atomic E-state index is 0.0832.